The van der Waals surface area contributed by atoms with Gasteiger partial charge in [-0.25, -0.2) is 8.78 Å². The van der Waals surface area contributed by atoms with Gasteiger partial charge in [0.05, 0.1) is 0 Å². The Balaban J connectivity index is 2.34. The molecular formula is C15H19F2NO2. The summed E-state index contributed by atoms with van der Waals surface area (Å²) in [6, 6.07) is 3.50. The van der Waals surface area contributed by atoms with Crippen molar-refractivity contribution in [3.05, 3.63) is 35.4 Å². The van der Waals surface area contributed by atoms with Crippen LogP contribution in [0.5, 0.6) is 0 Å². The van der Waals surface area contributed by atoms with Crippen molar-refractivity contribution in [2.45, 2.75) is 44.7 Å². The van der Waals surface area contributed by atoms with E-state index in [1.165, 1.54) is 6.07 Å². The van der Waals surface area contributed by atoms with Crippen LogP contribution in [-0.2, 0) is 4.79 Å². The summed E-state index contributed by atoms with van der Waals surface area (Å²) in [6.07, 6.45) is 1.89. The van der Waals surface area contributed by atoms with Crippen LogP contribution in [0.1, 0.15) is 44.7 Å². The van der Waals surface area contributed by atoms with Gasteiger partial charge in [0.25, 0.3) is 0 Å². The van der Waals surface area contributed by atoms with Gasteiger partial charge in [0.1, 0.15) is 5.54 Å². The second-order valence-electron chi connectivity index (χ2n) is 5.34. The van der Waals surface area contributed by atoms with Gasteiger partial charge in [-0.05, 0) is 50.4 Å². The molecule has 0 saturated carbocycles. The van der Waals surface area contributed by atoms with Crippen LogP contribution in [0, 0.1) is 11.6 Å². The SMILES string of the molecule is CCC1(C(=O)O)CCCN1C(C)c1ccc(F)c(F)c1. The minimum Gasteiger partial charge on any atom is -0.480 e. The molecule has 110 valence electrons. The summed E-state index contributed by atoms with van der Waals surface area (Å²) < 4.78 is 26.4. The molecule has 0 aliphatic carbocycles. The Labute approximate surface area is 117 Å². The molecule has 1 aromatic carbocycles. The van der Waals surface area contributed by atoms with E-state index in [1.54, 1.807) is 0 Å². The summed E-state index contributed by atoms with van der Waals surface area (Å²) in [7, 11) is 0. The molecule has 0 radical (unpaired) electrons. The van der Waals surface area contributed by atoms with E-state index >= 15 is 0 Å². The summed E-state index contributed by atoms with van der Waals surface area (Å²) in [5.41, 5.74) is -0.297. The number of hydrogen-bond donors (Lipinski definition) is 1. The van der Waals surface area contributed by atoms with Crippen molar-refractivity contribution in [2.75, 3.05) is 6.54 Å². The molecule has 2 rings (SSSR count). The molecule has 1 aromatic rings. The first kappa shape index (κ1) is 14.9. The first-order chi connectivity index (χ1) is 9.42. The lowest BCUT2D eigenvalue weighted by Crippen LogP contribution is -2.50. The van der Waals surface area contributed by atoms with Crippen molar-refractivity contribution in [3.63, 3.8) is 0 Å². The zero-order valence-electron chi connectivity index (χ0n) is 11.7. The quantitative estimate of drug-likeness (QED) is 0.921. The van der Waals surface area contributed by atoms with Crippen LogP contribution in [0.3, 0.4) is 0 Å². The lowest BCUT2D eigenvalue weighted by atomic mass is 9.91. The normalized spacial score (nSPS) is 24.8. The lowest BCUT2D eigenvalue weighted by Gasteiger charge is -2.38. The Kier molecular flexibility index (Phi) is 4.09. The van der Waals surface area contributed by atoms with E-state index in [2.05, 4.69) is 0 Å². The molecule has 1 fully saturated rings. The molecular weight excluding hydrogens is 264 g/mol. The summed E-state index contributed by atoms with van der Waals surface area (Å²) in [4.78, 5) is 13.5. The molecule has 3 nitrogen and oxygen atoms in total. The van der Waals surface area contributed by atoms with E-state index in [-0.39, 0.29) is 6.04 Å². The minimum absolute atomic E-state index is 0.261. The highest BCUT2D eigenvalue weighted by Crippen LogP contribution is 2.39. The Bertz CT molecular complexity index is 521. The van der Waals surface area contributed by atoms with E-state index in [9.17, 15) is 18.7 Å². The molecule has 0 amide bonds. The van der Waals surface area contributed by atoms with Crippen LogP contribution in [0.2, 0.25) is 0 Å². The fraction of sp³-hybridized carbons (Fsp3) is 0.533. The molecule has 5 heteroatoms. The van der Waals surface area contributed by atoms with Crippen molar-refractivity contribution in [1.29, 1.82) is 0 Å². The highest BCUT2D eigenvalue weighted by Gasteiger charge is 2.48. The van der Waals surface area contributed by atoms with Crippen LogP contribution in [-0.4, -0.2) is 28.1 Å². The molecule has 20 heavy (non-hydrogen) atoms. The zero-order chi connectivity index (χ0) is 14.9. The van der Waals surface area contributed by atoms with E-state index < -0.39 is 23.1 Å². The maximum Gasteiger partial charge on any atom is 0.324 e. The minimum atomic E-state index is -0.899. The van der Waals surface area contributed by atoms with Gasteiger partial charge >= 0.3 is 5.97 Å². The maximum absolute atomic E-state index is 13.3. The van der Waals surface area contributed by atoms with Gasteiger partial charge in [-0.15, -0.1) is 0 Å². The molecule has 1 heterocycles. The first-order valence-electron chi connectivity index (χ1n) is 6.87. The van der Waals surface area contributed by atoms with E-state index in [1.807, 2.05) is 18.7 Å². The number of hydrogen-bond acceptors (Lipinski definition) is 2. The maximum atomic E-state index is 13.3. The predicted octanol–water partition coefficient (Wildman–Crippen LogP) is 3.36. The summed E-state index contributed by atoms with van der Waals surface area (Å²) in [5.74, 6) is -2.62. The molecule has 1 N–H and O–H groups in total. The number of rotatable bonds is 4. The van der Waals surface area contributed by atoms with Gasteiger partial charge in [0.15, 0.2) is 11.6 Å². The second kappa shape index (κ2) is 5.48. The van der Waals surface area contributed by atoms with Gasteiger partial charge < -0.3 is 5.11 Å². The topological polar surface area (TPSA) is 40.5 Å². The molecule has 0 bridgehead atoms. The number of nitrogens with zero attached hydrogens (tertiary/aromatic N) is 1. The first-order valence-corrected chi connectivity index (χ1v) is 6.87. The van der Waals surface area contributed by atoms with Crippen molar-refractivity contribution >= 4 is 5.97 Å². The van der Waals surface area contributed by atoms with Crippen molar-refractivity contribution in [3.8, 4) is 0 Å². The van der Waals surface area contributed by atoms with Crippen molar-refractivity contribution < 1.29 is 18.7 Å². The Morgan fingerprint density at radius 3 is 2.70 bits per heavy atom. The van der Waals surface area contributed by atoms with Crippen LogP contribution >= 0.6 is 0 Å². The third-order valence-corrected chi connectivity index (χ3v) is 4.42. The third kappa shape index (κ3) is 2.30. The van der Waals surface area contributed by atoms with Crippen LogP contribution in [0.15, 0.2) is 18.2 Å². The highest BCUT2D eigenvalue weighted by molar-refractivity contribution is 5.79. The fourth-order valence-electron chi connectivity index (χ4n) is 3.18. The third-order valence-electron chi connectivity index (χ3n) is 4.42. The number of carbonyl (C=O) groups is 1. The van der Waals surface area contributed by atoms with Crippen LogP contribution < -0.4 is 0 Å². The molecule has 0 spiro atoms. The predicted molar refractivity (Wildman–Crippen MR) is 71.4 cm³/mol. The molecule has 2 atom stereocenters. The monoisotopic (exact) mass is 283 g/mol. The lowest BCUT2D eigenvalue weighted by molar-refractivity contribution is -0.151. The van der Waals surface area contributed by atoms with Gasteiger partial charge in [-0.1, -0.05) is 13.0 Å². The zero-order valence-corrected chi connectivity index (χ0v) is 11.7. The summed E-state index contributed by atoms with van der Waals surface area (Å²) in [5, 5.41) is 9.55. The average Bonchev–Trinajstić information content (AvgIpc) is 2.86. The number of aliphatic carboxylic acids is 1. The average molecular weight is 283 g/mol. The number of carboxylic acids is 1. The Morgan fingerprint density at radius 2 is 2.15 bits per heavy atom. The number of halogens is 2. The second-order valence-corrected chi connectivity index (χ2v) is 5.34. The number of likely N-dealkylation sites (tertiary alicyclic amines) is 1. The van der Waals surface area contributed by atoms with Crippen molar-refractivity contribution in [1.82, 2.24) is 4.90 Å². The summed E-state index contributed by atoms with van der Waals surface area (Å²) in [6.45, 7) is 4.34. The van der Waals surface area contributed by atoms with Gasteiger partial charge in [0, 0.05) is 6.04 Å². The summed E-state index contributed by atoms with van der Waals surface area (Å²) >= 11 is 0. The van der Waals surface area contributed by atoms with Gasteiger partial charge in [-0.2, -0.15) is 0 Å². The molecule has 2 unspecified atom stereocenters. The Hall–Kier alpha value is -1.49. The van der Waals surface area contributed by atoms with Gasteiger partial charge in [0.2, 0.25) is 0 Å². The van der Waals surface area contributed by atoms with Crippen LogP contribution in [0.25, 0.3) is 0 Å². The fourth-order valence-corrected chi connectivity index (χ4v) is 3.18. The standard InChI is InChI=1S/C15H19F2NO2/c1-3-15(14(19)20)7-4-8-18(15)10(2)11-5-6-12(16)13(17)9-11/h5-6,9-10H,3-4,7-8H2,1-2H3,(H,19,20). The number of carboxylic acid groups (broad SMARTS) is 1. The molecule has 1 aliphatic heterocycles. The Morgan fingerprint density at radius 1 is 1.45 bits per heavy atom. The molecule has 0 aromatic heterocycles. The van der Waals surface area contributed by atoms with E-state index in [4.69, 9.17) is 0 Å². The molecule has 1 saturated heterocycles. The van der Waals surface area contributed by atoms with E-state index in [0.29, 0.717) is 24.9 Å². The van der Waals surface area contributed by atoms with Crippen molar-refractivity contribution in [2.24, 2.45) is 0 Å². The van der Waals surface area contributed by atoms with Crippen LogP contribution in [0.4, 0.5) is 8.78 Å². The van der Waals surface area contributed by atoms with Gasteiger partial charge in [-0.3, -0.25) is 9.69 Å². The highest BCUT2D eigenvalue weighted by atomic mass is 19.2. The smallest absolute Gasteiger partial charge is 0.324 e. The molecule has 1 aliphatic rings. The van der Waals surface area contributed by atoms with E-state index in [0.717, 1.165) is 18.6 Å². The number of benzene rings is 1. The largest absolute Gasteiger partial charge is 0.480 e.